The van der Waals surface area contributed by atoms with Gasteiger partial charge in [0.1, 0.15) is 0 Å². The second-order valence-corrected chi connectivity index (χ2v) is 4.26. The fraction of sp³-hybridized carbons (Fsp3) is 0.750. The van der Waals surface area contributed by atoms with Crippen LogP contribution in [0.4, 0.5) is 0 Å². The predicted octanol–water partition coefficient (Wildman–Crippen LogP) is 1.92. The molecule has 2 N–H and O–H groups in total. The van der Waals surface area contributed by atoms with Gasteiger partial charge < -0.3 is 10.6 Å². The highest BCUT2D eigenvalue weighted by atomic mass is 15.2. The van der Waals surface area contributed by atoms with Crippen molar-refractivity contribution >= 4 is 5.96 Å². The molecule has 1 fully saturated rings. The molecule has 1 aliphatic carbocycles. The zero-order chi connectivity index (χ0) is 11.1. The first-order valence-electron chi connectivity index (χ1n) is 5.92. The molecule has 15 heavy (non-hydrogen) atoms. The van der Waals surface area contributed by atoms with Gasteiger partial charge in [-0.15, -0.1) is 6.58 Å². The van der Waals surface area contributed by atoms with Crippen LogP contribution in [0, 0.1) is 5.92 Å². The minimum absolute atomic E-state index is 0.472. The summed E-state index contributed by atoms with van der Waals surface area (Å²) < 4.78 is 0. The first-order valence-corrected chi connectivity index (χ1v) is 5.92. The van der Waals surface area contributed by atoms with Gasteiger partial charge in [-0.05, 0) is 32.1 Å². The second-order valence-electron chi connectivity index (χ2n) is 4.26. The molecule has 1 aliphatic rings. The molecule has 3 nitrogen and oxygen atoms in total. The fourth-order valence-electron chi connectivity index (χ4n) is 1.18. The Morgan fingerprint density at radius 3 is 2.87 bits per heavy atom. The normalized spacial score (nSPS) is 18.4. The van der Waals surface area contributed by atoms with Gasteiger partial charge in [-0.1, -0.05) is 13.0 Å². The van der Waals surface area contributed by atoms with Crippen LogP contribution >= 0.6 is 0 Å². The molecule has 1 rings (SSSR count). The molecular weight excluding hydrogens is 186 g/mol. The zero-order valence-corrected chi connectivity index (χ0v) is 9.92. The average Bonchev–Trinajstić information content (AvgIpc) is 3.05. The maximum atomic E-state index is 4.56. The molecule has 0 amide bonds. The highest BCUT2D eigenvalue weighted by Crippen LogP contribution is 2.28. The Hall–Kier alpha value is -0.990. The van der Waals surface area contributed by atoms with Gasteiger partial charge >= 0.3 is 0 Å². The molecule has 0 aliphatic heterocycles. The number of rotatable bonds is 6. The van der Waals surface area contributed by atoms with E-state index in [1.807, 2.05) is 6.08 Å². The molecule has 1 saturated carbocycles. The molecule has 0 saturated heterocycles. The van der Waals surface area contributed by atoms with Gasteiger partial charge in [-0.2, -0.15) is 0 Å². The van der Waals surface area contributed by atoms with Crippen molar-refractivity contribution in [3.63, 3.8) is 0 Å². The molecule has 0 radical (unpaired) electrons. The molecule has 3 heteroatoms. The molecule has 0 heterocycles. The van der Waals surface area contributed by atoms with Crippen LogP contribution in [-0.2, 0) is 0 Å². The van der Waals surface area contributed by atoms with Gasteiger partial charge in [0.05, 0.1) is 0 Å². The van der Waals surface area contributed by atoms with E-state index in [9.17, 15) is 0 Å². The SMILES string of the molecule is C=CCNC(=NCC1CC1)NC(C)CC. The summed E-state index contributed by atoms with van der Waals surface area (Å²) in [5.74, 6) is 1.76. The summed E-state index contributed by atoms with van der Waals surface area (Å²) >= 11 is 0. The van der Waals surface area contributed by atoms with E-state index in [0.717, 1.165) is 31.4 Å². The Morgan fingerprint density at radius 1 is 1.60 bits per heavy atom. The lowest BCUT2D eigenvalue weighted by Gasteiger charge is -2.16. The highest BCUT2D eigenvalue weighted by Gasteiger charge is 2.20. The van der Waals surface area contributed by atoms with E-state index < -0.39 is 0 Å². The molecule has 0 aromatic carbocycles. The van der Waals surface area contributed by atoms with Crippen molar-refractivity contribution in [2.24, 2.45) is 10.9 Å². The average molecular weight is 209 g/mol. The summed E-state index contributed by atoms with van der Waals surface area (Å²) in [5.41, 5.74) is 0. The molecular formula is C12H23N3. The van der Waals surface area contributed by atoms with Crippen molar-refractivity contribution in [1.82, 2.24) is 10.6 Å². The van der Waals surface area contributed by atoms with Crippen LogP contribution in [0.5, 0.6) is 0 Å². The summed E-state index contributed by atoms with van der Waals surface area (Å²) in [6.07, 6.45) is 5.66. The number of aliphatic imine (C=N–C) groups is 1. The molecule has 0 bridgehead atoms. The quantitative estimate of drug-likeness (QED) is 0.398. The smallest absolute Gasteiger partial charge is 0.191 e. The first kappa shape index (κ1) is 12.1. The third-order valence-electron chi connectivity index (χ3n) is 2.61. The molecule has 86 valence electrons. The van der Waals surface area contributed by atoms with Crippen molar-refractivity contribution in [3.8, 4) is 0 Å². The zero-order valence-electron chi connectivity index (χ0n) is 9.92. The Kier molecular flexibility index (Phi) is 5.22. The first-order chi connectivity index (χ1) is 7.26. The summed E-state index contributed by atoms with van der Waals surface area (Å²) in [7, 11) is 0. The molecule has 0 aromatic rings. The van der Waals surface area contributed by atoms with E-state index in [2.05, 4.69) is 36.1 Å². The van der Waals surface area contributed by atoms with Crippen LogP contribution in [-0.4, -0.2) is 25.1 Å². The topological polar surface area (TPSA) is 36.4 Å². The van der Waals surface area contributed by atoms with E-state index in [0.29, 0.717) is 6.04 Å². The molecule has 1 unspecified atom stereocenters. The van der Waals surface area contributed by atoms with Crippen molar-refractivity contribution in [2.45, 2.75) is 39.2 Å². The van der Waals surface area contributed by atoms with E-state index >= 15 is 0 Å². The van der Waals surface area contributed by atoms with Crippen molar-refractivity contribution in [3.05, 3.63) is 12.7 Å². The summed E-state index contributed by atoms with van der Waals surface area (Å²) in [6, 6.07) is 0.472. The van der Waals surface area contributed by atoms with Crippen LogP contribution in [0.25, 0.3) is 0 Å². The minimum atomic E-state index is 0.472. The number of nitrogens with zero attached hydrogens (tertiary/aromatic N) is 1. The Bertz CT molecular complexity index is 219. The lowest BCUT2D eigenvalue weighted by Crippen LogP contribution is -2.42. The van der Waals surface area contributed by atoms with E-state index in [1.165, 1.54) is 12.8 Å². The lowest BCUT2D eigenvalue weighted by molar-refractivity contribution is 0.625. The third kappa shape index (κ3) is 5.45. The van der Waals surface area contributed by atoms with Crippen molar-refractivity contribution in [1.29, 1.82) is 0 Å². The number of hydrogen-bond acceptors (Lipinski definition) is 1. The number of guanidine groups is 1. The van der Waals surface area contributed by atoms with Crippen LogP contribution in [0.15, 0.2) is 17.6 Å². The summed E-state index contributed by atoms with van der Waals surface area (Å²) in [5, 5.41) is 6.61. The Morgan fingerprint density at radius 2 is 2.33 bits per heavy atom. The number of hydrogen-bond donors (Lipinski definition) is 2. The van der Waals surface area contributed by atoms with Gasteiger partial charge in [0.25, 0.3) is 0 Å². The van der Waals surface area contributed by atoms with Gasteiger partial charge in [-0.3, -0.25) is 4.99 Å². The fourth-order valence-corrected chi connectivity index (χ4v) is 1.18. The van der Waals surface area contributed by atoms with E-state index in [-0.39, 0.29) is 0 Å². The van der Waals surface area contributed by atoms with E-state index in [4.69, 9.17) is 0 Å². The summed E-state index contributed by atoms with van der Waals surface area (Å²) in [6.45, 7) is 9.77. The summed E-state index contributed by atoms with van der Waals surface area (Å²) in [4.78, 5) is 4.56. The van der Waals surface area contributed by atoms with Crippen molar-refractivity contribution < 1.29 is 0 Å². The third-order valence-corrected chi connectivity index (χ3v) is 2.61. The van der Waals surface area contributed by atoms with Crippen molar-refractivity contribution in [2.75, 3.05) is 13.1 Å². The predicted molar refractivity (Wildman–Crippen MR) is 66.1 cm³/mol. The van der Waals surface area contributed by atoms with Crippen LogP contribution in [0.2, 0.25) is 0 Å². The standard InChI is InChI=1S/C12H23N3/c1-4-8-13-12(15-10(3)5-2)14-9-11-6-7-11/h4,10-11H,1,5-9H2,2-3H3,(H2,13,14,15). The maximum Gasteiger partial charge on any atom is 0.191 e. The van der Waals surface area contributed by atoms with Crippen LogP contribution in [0.1, 0.15) is 33.1 Å². The monoisotopic (exact) mass is 209 g/mol. The van der Waals surface area contributed by atoms with Gasteiger partial charge in [0.15, 0.2) is 5.96 Å². The maximum absolute atomic E-state index is 4.56. The molecule has 0 spiro atoms. The minimum Gasteiger partial charge on any atom is -0.354 e. The van der Waals surface area contributed by atoms with Crippen LogP contribution in [0.3, 0.4) is 0 Å². The second kappa shape index (κ2) is 6.49. The number of nitrogens with one attached hydrogen (secondary N) is 2. The van der Waals surface area contributed by atoms with Gasteiger partial charge in [0.2, 0.25) is 0 Å². The van der Waals surface area contributed by atoms with Crippen LogP contribution < -0.4 is 10.6 Å². The largest absolute Gasteiger partial charge is 0.354 e. The van der Waals surface area contributed by atoms with E-state index in [1.54, 1.807) is 0 Å². The molecule has 0 aromatic heterocycles. The van der Waals surface area contributed by atoms with Gasteiger partial charge in [0, 0.05) is 19.1 Å². The Labute approximate surface area is 93.1 Å². The lowest BCUT2D eigenvalue weighted by atomic mass is 10.3. The highest BCUT2D eigenvalue weighted by molar-refractivity contribution is 5.80. The Balaban J connectivity index is 2.34. The van der Waals surface area contributed by atoms with Gasteiger partial charge in [-0.25, -0.2) is 0 Å². The molecule has 1 atom stereocenters.